The minimum absolute atomic E-state index is 0.0564. The standard InChI is InChI=1S/C13H14ClFN2O2/c1-2-5-17-12(18)7-11(13(17)19)16-10-4-3-8(14)6-9(10)15/h3-4,6,11,16H,2,5,7H2,1H3. The van der Waals surface area contributed by atoms with Crippen LogP contribution >= 0.6 is 11.6 Å². The zero-order valence-corrected chi connectivity index (χ0v) is 11.2. The number of rotatable bonds is 4. The van der Waals surface area contributed by atoms with Crippen molar-refractivity contribution in [3.05, 3.63) is 29.0 Å². The van der Waals surface area contributed by atoms with E-state index < -0.39 is 11.9 Å². The summed E-state index contributed by atoms with van der Waals surface area (Å²) in [5.41, 5.74) is 0.175. The first-order valence-electron chi connectivity index (χ1n) is 6.08. The largest absolute Gasteiger partial charge is 0.371 e. The Morgan fingerprint density at radius 2 is 2.21 bits per heavy atom. The molecule has 102 valence electrons. The van der Waals surface area contributed by atoms with E-state index in [0.717, 1.165) is 6.07 Å². The van der Waals surface area contributed by atoms with Gasteiger partial charge in [-0.2, -0.15) is 0 Å². The molecule has 6 heteroatoms. The van der Waals surface area contributed by atoms with Gasteiger partial charge in [-0.25, -0.2) is 4.39 Å². The number of carbonyl (C=O) groups is 2. The van der Waals surface area contributed by atoms with E-state index in [9.17, 15) is 14.0 Å². The van der Waals surface area contributed by atoms with Gasteiger partial charge in [0, 0.05) is 11.6 Å². The van der Waals surface area contributed by atoms with Gasteiger partial charge in [0.15, 0.2) is 0 Å². The van der Waals surface area contributed by atoms with E-state index in [1.54, 1.807) is 0 Å². The first-order valence-corrected chi connectivity index (χ1v) is 6.46. The summed E-state index contributed by atoms with van der Waals surface area (Å²) in [7, 11) is 0. The molecule has 0 aliphatic carbocycles. The molecule has 1 fully saturated rings. The highest BCUT2D eigenvalue weighted by Crippen LogP contribution is 2.23. The Morgan fingerprint density at radius 1 is 1.47 bits per heavy atom. The van der Waals surface area contributed by atoms with Gasteiger partial charge in [0.25, 0.3) is 5.91 Å². The fourth-order valence-corrected chi connectivity index (χ4v) is 2.21. The molecule has 1 aromatic carbocycles. The van der Waals surface area contributed by atoms with Crippen molar-refractivity contribution in [1.82, 2.24) is 4.90 Å². The topological polar surface area (TPSA) is 49.4 Å². The molecule has 0 radical (unpaired) electrons. The molecule has 0 aromatic heterocycles. The van der Waals surface area contributed by atoms with Crippen LogP contribution in [0, 0.1) is 5.82 Å². The summed E-state index contributed by atoms with van der Waals surface area (Å²) in [6.45, 7) is 2.29. The molecule has 1 aromatic rings. The third-order valence-electron chi connectivity index (χ3n) is 2.95. The van der Waals surface area contributed by atoms with Gasteiger partial charge in [0.1, 0.15) is 11.9 Å². The Morgan fingerprint density at radius 3 is 2.84 bits per heavy atom. The summed E-state index contributed by atoms with van der Waals surface area (Å²) in [6.07, 6.45) is 0.764. The van der Waals surface area contributed by atoms with E-state index in [-0.39, 0.29) is 28.9 Å². The lowest BCUT2D eigenvalue weighted by Crippen LogP contribution is -2.35. The molecule has 0 bridgehead atoms. The number of amides is 2. The Balaban J connectivity index is 2.12. The van der Waals surface area contributed by atoms with Crippen LogP contribution in [0.5, 0.6) is 0 Å². The Labute approximate surface area is 115 Å². The highest BCUT2D eigenvalue weighted by Gasteiger charge is 2.38. The van der Waals surface area contributed by atoms with E-state index in [1.165, 1.54) is 17.0 Å². The monoisotopic (exact) mass is 284 g/mol. The van der Waals surface area contributed by atoms with Crippen molar-refractivity contribution in [3.8, 4) is 0 Å². The molecule has 1 aliphatic heterocycles. The smallest absolute Gasteiger partial charge is 0.252 e. The van der Waals surface area contributed by atoms with E-state index in [2.05, 4.69) is 5.32 Å². The van der Waals surface area contributed by atoms with Crippen LogP contribution in [0.1, 0.15) is 19.8 Å². The lowest BCUT2D eigenvalue weighted by atomic mass is 10.2. The fraction of sp³-hybridized carbons (Fsp3) is 0.385. The maximum atomic E-state index is 13.6. The molecule has 1 unspecified atom stereocenters. The van der Waals surface area contributed by atoms with Crippen molar-refractivity contribution in [2.45, 2.75) is 25.8 Å². The first kappa shape index (κ1) is 13.8. The molecule has 1 aliphatic rings. The molecule has 1 atom stereocenters. The SMILES string of the molecule is CCCN1C(=O)CC(Nc2ccc(Cl)cc2F)C1=O. The van der Waals surface area contributed by atoms with E-state index in [1.807, 2.05) is 6.92 Å². The van der Waals surface area contributed by atoms with Gasteiger partial charge in [-0.15, -0.1) is 0 Å². The summed E-state index contributed by atoms with van der Waals surface area (Å²) in [4.78, 5) is 24.9. The fourth-order valence-electron chi connectivity index (χ4n) is 2.05. The van der Waals surface area contributed by atoms with Crippen molar-refractivity contribution in [3.63, 3.8) is 0 Å². The summed E-state index contributed by atoms with van der Waals surface area (Å²) in [6, 6.07) is 3.44. The number of nitrogens with zero attached hydrogens (tertiary/aromatic N) is 1. The molecular formula is C13H14ClFN2O2. The molecule has 1 heterocycles. The van der Waals surface area contributed by atoms with Gasteiger partial charge in [-0.3, -0.25) is 14.5 Å². The minimum Gasteiger partial charge on any atom is -0.371 e. The zero-order valence-electron chi connectivity index (χ0n) is 10.5. The summed E-state index contributed by atoms with van der Waals surface area (Å²) >= 11 is 5.65. The molecular weight excluding hydrogens is 271 g/mol. The summed E-state index contributed by atoms with van der Waals surface area (Å²) in [5.74, 6) is -1.07. The van der Waals surface area contributed by atoms with Crippen LogP contribution in [0.3, 0.4) is 0 Å². The van der Waals surface area contributed by atoms with Crippen molar-refractivity contribution in [1.29, 1.82) is 0 Å². The van der Waals surface area contributed by atoms with E-state index >= 15 is 0 Å². The molecule has 2 rings (SSSR count). The number of hydrogen-bond donors (Lipinski definition) is 1. The Bertz CT molecular complexity index is 521. The average molecular weight is 285 g/mol. The van der Waals surface area contributed by atoms with Crippen LogP contribution in [-0.2, 0) is 9.59 Å². The van der Waals surface area contributed by atoms with Crippen molar-refractivity contribution in [2.24, 2.45) is 0 Å². The highest BCUT2D eigenvalue weighted by molar-refractivity contribution is 6.30. The van der Waals surface area contributed by atoms with Gasteiger partial charge in [-0.1, -0.05) is 18.5 Å². The molecule has 0 spiro atoms. The van der Waals surface area contributed by atoms with E-state index in [4.69, 9.17) is 11.6 Å². The van der Waals surface area contributed by atoms with Crippen LogP contribution in [0.4, 0.5) is 10.1 Å². The van der Waals surface area contributed by atoms with Crippen LogP contribution in [0.25, 0.3) is 0 Å². The predicted octanol–water partition coefficient (Wildman–Crippen LogP) is 2.43. The lowest BCUT2D eigenvalue weighted by molar-refractivity contribution is -0.138. The van der Waals surface area contributed by atoms with Gasteiger partial charge in [0.2, 0.25) is 5.91 Å². The predicted molar refractivity (Wildman–Crippen MR) is 70.4 cm³/mol. The van der Waals surface area contributed by atoms with Crippen molar-refractivity contribution in [2.75, 3.05) is 11.9 Å². The maximum absolute atomic E-state index is 13.6. The van der Waals surface area contributed by atoms with E-state index in [0.29, 0.717) is 13.0 Å². The Kier molecular flexibility index (Phi) is 4.04. The second-order valence-electron chi connectivity index (χ2n) is 4.41. The third-order valence-corrected chi connectivity index (χ3v) is 3.19. The van der Waals surface area contributed by atoms with Crippen LogP contribution < -0.4 is 5.32 Å². The second kappa shape index (κ2) is 5.57. The number of nitrogens with one attached hydrogen (secondary N) is 1. The van der Waals surface area contributed by atoms with Crippen LogP contribution in [0.2, 0.25) is 5.02 Å². The second-order valence-corrected chi connectivity index (χ2v) is 4.85. The number of hydrogen-bond acceptors (Lipinski definition) is 3. The number of carbonyl (C=O) groups excluding carboxylic acids is 2. The number of likely N-dealkylation sites (tertiary alicyclic amines) is 1. The molecule has 4 nitrogen and oxygen atoms in total. The molecule has 19 heavy (non-hydrogen) atoms. The first-order chi connectivity index (χ1) is 9.02. The maximum Gasteiger partial charge on any atom is 0.252 e. The van der Waals surface area contributed by atoms with Gasteiger partial charge < -0.3 is 5.32 Å². The van der Waals surface area contributed by atoms with Crippen molar-refractivity contribution >= 4 is 29.1 Å². The lowest BCUT2D eigenvalue weighted by Gasteiger charge is -2.15. The quantitative estimate of drug-likeness (QED) is 0.864. The molecule has 1 saturated heterocycles. The number of anilines is 1. The summed E-state index contributed by atoms with van der Waals surface area (Å²) < 4.78 is 13.6. The normalized spacial score (nSPS) is 19.1. The number of benzene rings is 1. The van der Waals surface area contributed by atoms with Crippen LogP contribution in [-0.4, -0.2) is 29.3 Å². The number of imide groups is 1. The summed E-state index contributed by atoms with van der Waals surface area (Å²) in [5, 5.41) is 3.04. The zero-order chi connectivity index (χ0) is 14.0. The van der Waals surface area contributed by atoms with Gasteiger partial charge in [-0.05, 0) is 24.6 Å². The average Bonchev–Trinajstić information content (AvgIpc) is 2.61. The molecule has 0 saturated carbocycles. The minimum atomic E-state index is -0.699. The van der Waals surface area contributed by atoms with Gasteiger partial charge in [0.05, 0.1) is 12.1 Å². The van der Waals surface area contributed by atoms with Crippen molar-refractivity contribution < 1.29 is 14.0 Å². The molecule has 2 amide bonds. The van der Waals surface area contributed by atoms with Crippen LogP contribution in [0.15, 0.2) is 18.2 Å². The van der Waals surface area contributed by atoms with Gasteiger partial charge >= 0.3 is 0 Å². The molecule has 1 N–H and O–H groups in total. The third kappa shape index (κ3) is 2.87. The highest BCUT2D eigenvalue weighted by atomic mass is 35.5. The Hall–Kier alpha value is -1.62. The number of halogens is 2.